The third-order valence-electron chi connectivity index (χ3n) is 2.27. The second-order valence-corrected chi connectivity index (χ2v) is 6.75. The first kappa shape index (κ1) is 13.2. The number of rotatable bonds is 4. The molecule has 16 heavy (non-hydrogen) atoms. The molecular weight excluding hydrogens is 228 g/mol. The van der Waals surface area contributed by atoms with Gasteiger partial charge in [0.1, 0.15) is 0 Å². The summed E-state index contributed by atoms with van der Waals surface area (Å²) in [6, 6.07) is -0.390. The average Bonchev–Trinajstić information content (AvgIpc) is 2.41. The molecule has 0 saturated heterocycles. The highest BCUT2D eigenvalue weighted by atomic mass is 32.2. The summed E-state index contributed by atoms with van der Waals surface area (Å²) in [6.45, 7) is 3.69. The normalized spacial score (nSPS) is 23.3. The van der Waals surface area contributed by atoms with E-state index < -0.39 is 15.9 Å². The molecule has 0 fully saturated rings. The highest BCUT2D eigenvalue weighted by Crippen LogP contribution is 2.10. The molecule has 0 aromatic rings. The third kappa shape index (κ3) is 4.76. The Morgan fingerprint density at radius 1 is 1.56 bits per heavy atom. The van der Waals surface area contributed by atoms with Crippen LogP contribution in [0.3, 0.4) is 0 Å². The maximum Gasteiger partial charge on any atom is 0.220 e. The number of carbonyl (C=O) groups is 1. The van der Waals surface area contributed by atoms with Crippen LogP contribution in [-0.4, -0.2) is 31.7 Å². The van der Waals surface area contributed by atoms with Crippen molar-refractivity contribution in [3.8, 4) is 0 Å². The van der Waals surface area contributed by atoms with E-state index in [0.29, 0.717) is 12.8 Å². The Bertz CT molecular complexity index is 393. The molecule has 0 aromatic carbocycles. The van der Waals surface area contributed by atoms with Crippen LogP contribution in [0.5, 0.6) is 0 Å². The van der Waals surface area contributed by atoms with Crippen LogP contribution in [0.1, 0.15) is 26.7 Å². The summed E-state index contributed by atoms with van der Waals surface area (Å²) in [6.07, 6.45) is 2.39. The van der Waals surface area contributed by atoms with E-state index in [1.807, 2.05) is 13.8 Å². The lowest BCUT2D eigenvalue weighted by atomic mass is 10.00. The largest absolute Gasteiger partial charge is 0.349 e. The van der Waals surface area contributed by atoms with Gasteiger partial charge in [0, 0.05) is 17.4 Å². The van der Waals surface area contributed by atoms with Gasteiger partial charge in [0.25, 0.3) is 0 Å². The molecule has 0 bridgehead atoms. The fourth-order valence-corrected chi connectivity index (χ4v) is 2.62. The Kier molecular flexibility index (Phi) is 3.75. The Balaban J connectivity index is 2.35. The van der Waals surface area contributed by atoms with Gasteiger partial charge in [0.2, 0.25) is 5.91 Å². The number of sulfone groups is 1. The number of nitrogens with one attached hydrogen (secondary N) is 1. The Hall–Kier alpha value is -0.880. The van der Waals surface area contributed by atoms with Gasteiger partial charge in [-0.1, -0.05) is 0 Å². The Labute approximate surface area is 96.0 Å². The van der Waals surface area contributed by atoms with Crippen LogP contribution < -0.4 is 11.1 Å². The lowest BCUT2D eigenvalue weighted by molar-refractivity contribution is -0.121. The van der Waals surface area contributed by atoms with Gasteiger partial charge in [-0.15, -0.1) is 0 Å². The maximum atomic E-state index is 11.5. The summed E-state index contributed by atoms with van der Waals surface area (Å²) in [5.74, 6) is -0.199. The minimum Gasteiger partial charge on any atom is -0.349 e. The van der Waals surface area contributed by atoms with Crippen LogP contribution in [-0.2, 0) is 14.6 Å². The van der Waals surface area contributed by atoms with Crippen molar-refractivity contribution in [3.63, 3.8) is 0 Å². The fraction of sp³-hybridized carbons (Fsp3) is 0.700. The monoisotopic (exact) mass is 246 g/mol. The van der Waals surface area contributed by atoms with Crippen molar-refractivity contribution in [2.24, 2.45) is 5.73 Å². The first-order valence-electron chi connectivity index (χ1n) is 5.17. The van der Waals surface area contributed by atoms with Crippen molar-refractivity contribution >= 4 is 15.7 Å². The molecule has 3 N–H and O–H groups in total. The van der Waals surface area contributed by atoms with E-state index in [4.69, 9.17) is 5.73 Å². The van der Waals surface area contributed by atoms with Gasteiger partial charge in [0.05, 0.1) is 11.8 Å². The quantitative estimate of drug-likeness (QED) is 0.726. The summed E-state index contributed by atoms with van der Waals surface area (Å²) in [5.41, 5.74) is 5.37. The molecule has 0 saturated carbocycles. The van der Waals surface area contributed by atoms with Gasteiger partial charge in [-0.2, -0.15) is 0 Å². The van der Waals surface area contributed by atoms with E-state index in [2.05, 4.69) is 5.32 Å². The standard InChI is InChI=1S/C10H18N2O3S/c1-10(2,11)5-3-9(13)12-8-4-6-16(14,15)7-8/h4,6,8H,3,5,7,11H2,1-2H3,(H,12,13). The van der Waals surface area contributed by atoms with Crippen LogP contribution in [0.4, 0.5) is 0 Å². The van der Waals surface area contributed by atoms with Gasteiger partial charge < -0.3 is 11.1 Å². The molecule has 1 atom stereocenters. The number of nitrogens with two attached hydrogens (primary N) is 1. The minimum absolute atomic E-state index is 0.0369. The van der Waals surface area contributed by atoms with Gasteiger partial charge in [-0.25, -0.2) is 8.42 Å². The summed E-state index contributed by atoms with van der Waals surface area (Å²) in [5, 5.41) is 3.79. The molecule has 1 rings (SSSR count). The fourth-order valence-electron chi connectivity index (χ4n) is 1.38. The lowest BCUT2D eigenvalue weighted by Gasteiger charge is -2.18. The zero-order chi connectivity index (χ0) is 12.4. The number of hydrogen-bond donors (Lipinski definition) is 2. The van der Waals surface area contributed by atoms with Crippen molar-refractivity contribution < 1.29 is 13.2 Å². The van der Waals surface area contributed by atoms with Crippen LogP contribution >= 0.6 is 0 Å². The topological polar surface area (TPSA) is 89.3 Å². The first-order valence-corrected chi connectivity index (χ1v) is 6.89. The molecule has 0 radical (unpaired) electrons. The van der Waals surface area contributed by atoms with E-state index in [1.54, 1.807) is 0 Å². The van der Waals surface area contributed by atoms with E-state index in [-0.39, 0.29) is 17.2 Å². The van der Waals surface area contributed by atoms with Crippen LogP contribution in [0.15, 0.2) is 11.5 Å². The first-order chi connectivity index (χ1) is 7.18. The number of amides is 1. The Morgan fingerprint density at radius 3 is 2.62 bits per heavy atom. The van der Waals surface area contributed by atoms with Crippen LogP contribution in [0.2, 0.25) is 0 Å². The molecule has 1 heterocycles. The minimum atomic E-state index is -3.10. The molecular formula is C10H18N2O3S. The zero-order valence-electron chi connectivity index (χ0n) is 9.56. The molecule has 5 nitrogen and oxygen atoms in total. The number of carbonyl (C=O) groups excluding carboxylic acids is 1. The predicted octanol–water partition coefficient (Wildman–Crippen LogP) is -0.0692. The summed E-state index contributed by atoms with van der Waals surface area (Å²) < 4.78 is 22.2. The zero-order valence-corrected chi connectivity index (χ0v) is 10.4. The van der Waals surface area contributed by atoms with E-state index in [9.17, 15) is 13.2 Å². The average molecular weight is 246 g/mol. The summed E-state index contributed by atoms with van der Waals surface area (Å²) in [4.78, 5) is 11.5. The molecule has 1 aliphatic rings. The smallest absolute Gasteiger partial charge is 0.220 e. The molecule has 1 aliphatic heterocycles. The second-order valence-electron chi connectivity index (χ2n) is 4.82. The molecule has 1 unspecified atom stereocenters. The maximum absolute atomic E-state index is 11.5. The van der Waals surface area contributed by atoms with Crippen molar-refractivity contribution in [2.45, 2.75) is 38.3 Å². The van der Waals surface area contributed by atoms with Gasteiger partial charge in [0.15, 0.2) is 9.84 Å². The van der Waals surface area contributed by atoms with Gasteiger partial charge in [-0.05, 0) is 26.3 Å². The molecule has 6 heteroatoms. The predicted molar refractivity (Wildman–Crippen MR) is 62.4 cm³/mol. The van der Waals surface area contributed by atoms with Crippen molar-refractivity contribution in [1.82, 2.24) is 5.32 Å². The van der Waals surface area contributed by atoms with E-state index in [1.165, 1.54) is 6.08 Å². The second kappa shape index (κ2) is 4.55. The molecule has 0 spiro atoms. The van der Waals surface area contributed by atoms with E-state index in [0.717, 1.165) is 5.41 Å². The molecule has 0 aliphatic carbocycles. The highest BCUT2D eigenvalue weighted by molar-refractivity contribution is 7.94. The number of hydrogen-bond acceptors (Lipinski definition) is 4. The van der Waals surface area contributed by atoms with Gasteiger partial charge >= 0.3 is 0 Å². The molecule has 0 aromatic heterocycles. The Morgan fingerprint density at radius 2 is 2.19 bits per heavy atom. The summed E-state index contributed by atoms with van der Waals surface area (Å²) in [7, 11) is -3.10. The van der Waals surface area contributed by atoms with E-state index >= 15 is 0 Å². The highest BCUT2D eigenvalue weighted by Gasteiger charge is 2.23. The third-order valence-corrected chi connectivity index (χ3v) is 3.67. The van der Waals surface area contributed by atoms with Crippen molar-refractivity contribution in [2.75, 3.05) is 5.75 Å². The molecule has 92 valence electrons. The SMILES string of the molecule is CC(C)(N)CCC(=O)NC1C=CS(=O)(=O)C1. The van der Waals surface area contributed by atoms with Crippen LogP contribution in [0.25, 0.3) is 0 Å². The lowest BCUT2D eigenvalue weighted by Crippen LogP contribution is -2.38. The van der Waals surface area contributed by atoms with Gasteiger partial charge in [-0.3, -0.25) is 4.79 Å². The van der Waals surface area contributed by atoms with Crippen molar-refractivity contribution in [3.05, 3.63) is 11.5 Å². The summed E-state index contributed by atoms with van der Waals surface area (Å²) >= 11 is 0. The molecule has 1 amide bonds. The van der Waals surface area contributed by atoms with Crippen molar-refractivity contribution in [1.29, 1.82) is 0 Å². The van der Waals surface area contributed by atoms with Crippen LogP contribution in [0, 0.1) is 0 Å².